The lowest BCUT2D eigenvalue weighted by atomic mass is 9.99. The van der Waals surface area contributed by atoms with Crippen molar-refractivity contribution in [1.29, 1.82) is 0 Å². The number of hydrogen-bond donors (Lipinski definition) is 0. The molecule has 3 aromatic carbocycles. The van der Waals surface area contributed by atoms with E-state index < -0.39 is 29.8 Å². The molecule has 0 N–H and O–H groups in total. The van der Waals surface area contributed by atoms with Crippen LogP contribution in [0.1, 0.15) is 112 Å². The summed E-state index contributed by atoms with van der Waals surface area (Å²) in [6.07, 6.45) is 3.48. The van der Waals surface area contributed by atoms with E-state index in [0.717, 1.165) is 31.1 Å². The highest BCUT2D eigenvalue weighted by Gasteiger charge is 2.23. The lowest BCUT2D eigenvalue weighted by molar-refractivity contribution is 0.0454. The topological polar surface area (TPSA) is 132 Å². The average molecular weight is 623 g/mol. The first-order valence-corrected chi connectivity index (χ1v) is 15.2. The summed E-state index contributed by atoms with van der Waals surface area (Å²) >= 11 is 0. The molecular weight excluding hydrogens is 580 g/mol. The molecule has 0 aliphatic heterocycles. The summed E-state index contributed by atoms with van der Waals surface area (Å²) in [6.45, 7) is 10.3. The molecule has 0 atom stereocenters. The van der Waals surface area contributed by atoms with E-state index in [4.69, 9.17) is 23.7 Å². The van der Waals surface area contributed by atoms with Crippen molar-refractivity contribution in [3.05, 3.63) is 82.4 Å². The van der Waals surface area contributed by atoms with Gasteiger partial charge in [-0.05, 0) is 68.7 Å². The number of benzene rings is 3. The number of fused-ring (bicyclic) bond motifs is 1. The molecule has 0 saturated carbocycles. The first-order chi connectivity index (χ1) is 21.7. The summed E-state index contributed by atoms with van der Waals surface area (Å²) < 4.78 is 25.3. The number of hydrogen-bond acceptors (Lipinski definition) is 10. The van der Waals surface area contributed by atoms with Crippen LogP contribution in [0.25, 0.3) is 10.8 Å². The number of unbranched alkanes of at least 4 members (excludes halogenated alkanes) is 2. The van der Waals surface area contributed by atoms with Crippen LogP contribution in [-0.2, 0) is 23.7 Å². The number of esters is 5. The van der Waals surface area contributed by atoms with Crippen molar-refractivity contribution in [2.75, 3.05) is 33.0 Å². The molecule has 242 valence electrons. The van der Waals surface area contributed by atoms with Crippen LogP contribution >= 0.6 is 0 Å². The molecule has 0 aromatic heterocycles. The minimum atomic E-state index is -0.688. The second-order valence-corrected chi connectivity index (χ2v) is 9.61. The predicted molar refractivity (Wildman–Crippen MR) is 169 cm³/mol. The van der Waals surface area contributed by atoms with Gasteiger partial charge in [0.15, 0.2) is 0 Å². The van der Waals surface area contributed by atoms with Gasteiger partial charge in [-0.25, -0.2) is 24.0 Å². The summed E-state index contributed by atoms with van der Waals surface area (Å²) in [5.41, 5.74) is 0.786. The Morgan fingerprint density at radius 2 is 1.02 bits per heavy atom. The SMILES string of the molecule is CCCCOC(=O)c1ccc2ccccc2c1C(=O)OCCCC.CCOC(=O)c1ccc(C(=O)OCC)c(C(=O)OCC)c1. The fourth-order valence-electron chi connectivity index (χ4n) is 4.08. The van der Waals surface area contributed by atoms with Crippen LogP contribution in [0.15, 0.2) is 54.6 Å². The van der Waals surface area contributed by atoms with Crippen LogP contribution in [0.4, 0.5) is 0 Å². The van der Waals surface area contributed by atoms with E-state index in [1.165, 1.54) is 18.2 Å². The molecule has 3 aromatic rings. The Morgan fingerprint density at radius 1 is 0.511 bits per heavy atom. The fraction of sp³-hybridized carbons (Fsp3) is 0.400. The van der Waals surface area contributed by atoms with Crippen LogP contribution in [0.5, 0.6) is 0 Å². The van der Waals surface area contributed by atoms with Gasteiger partial charge in [0.05, 0.1) is 60.9 Å². The van der Waals surface area contributed by atoms with Crippen molar-refractivity contribution in [2.24, 2.45) is 0 Å². The van der Waals surface area contributed by atoms with Gasteiger partial charge in [-0.15, -0.1) is 0 Å². The molecule has 3 rings (SSSR count). The molecular formula is C35H42O10. The van der Waals surface area contributed by atoms with Crippen LogP contribution in [0.2, 0.25) is 0 Å². The van der Waals surface area contributed by atoms with Gasteiger partial charge in [-0.2, -0.15) is 0 Å². The molecule has 0 bridgehead atoms. The Balaban J connectivity index is 0.000000317. The first-order valence-electron chi connectivity index (χ1n) is 15.2. The third kappa shape index (κ3) is 10.7. The van der Waals surface area contributed by atoms with Gasteiger partial charge < -0.3 is 23.7 Å². The van der Waals surface area contributed by atoms with Crippen molar-refractivity contribution in [1.82, 2.24) is 0 Å². The molecule has 0 aliphatic carbocycles. The van der Waals surface area contributed by atoms with Gasteiger partial charge >= 0.3 is 29.8 Å². The van der Waals surface area contributed by atoms with E-state index in [1.54, 1.807) is 26.8 Å². The van der Waals surface area contributed by atoms with Crippen molar-refractivity contribution >= 4 is 40.6 Å². The Labute approximate surface area is 263 Å². The Bertz CT molecular complexity index is 1460. The highest BCUT2D eigenvalue weighted by molar-refractivity contribution is 6.12. The summed E-state index contributed by atoms with van der Waals surface area (Å²) in [5.74, 6) is -2.85. The molecule has 0 heterocycles. The zero-order chi connectivity index (χ0) is 33.2. The normalized spacial score (nSPS) is 10.2. The van der Waals surface area contributed by atoms with E-state index in [9.17, 15) is 24.0 Å². The van der Waals surface area contributed by atoms with Crippen LogP contribution in [0.3, 0.4) is 0 Å². The van der Waals surface area contributed by atoms with Gasteiger partial charge in [0.1, 0.15) is 0 Å². The smallest absolute Gasteiger partial charge is 0.339 e. The third-order valence-electron chi connectivity index (χ3n) is 6.34. The largest absolute Gasteiger partial charge is 0.462 e. The fourth-order valence-corrected chi connectivity index (χ4v) is 4.08. The Hall–Kier alpha value is -4.73. The number of ether oxygens (including phenoxy) is 5. The molecule has 0 fully saturated rings. The lowest BCUT2D eigenvalue weighted by Gasteiger charge is -2.12. The maximum absolute atomic E-state index is 12.6. The average Bonchev–Trinajstić information content (AvgIpc) is 3.04. The van der Waals surface area contributed by atoms with Crippen molar-refractivity contribution < 1.29 is 47.7 Å². The maximum atomic E-state index is 12.6. The summed E-state index contributed by atoms with van der Waals surface area (Å²) in [7, 11) is 0. The molecule has 10 heteroatoms. The first kappa shape index (κ1) is 36.5. The number of carbonyl (C=O) groups is 5. The van der Waals surface area contributed by atoms with Crippen molar-refractivity contribution in [2.45, 2.75) is 60.3 Å². The van der Waals surface area contributed by atoms with Crippen LogP contribution in [0, 0.1) is 0 Å². The molecule has 10 nitrogen and oxygen atoms in total. The quantitative estimate of drug-likeness (QED) is 0.105. The summed E-state index contributed by atoms with van der Waals surface area (Å²) in [5, 5.41) is 1.61. The van der Waals surface area contributed by atoms with Gasteiger partial charge in [0.25, 0.3) is 0 Å². The standard InChI is InChI=1S/C20H24O4.C15H18O6/c1-3-5-13-23-19(21)17-12-11-15-9-7-8-10-16(15)18(17)20(22)24-14-6-4-2;1-4-19-13(16)10-7-8-11(14(17)20-5-2)12(9-10)15(18)21-6-3/h7-12H,3-6,13-14H2,1-2H3;7-9H,4-6H2,1-3H3. The van der Waals surface area contributed by atoms with Crippen LogP contribution in [-0.4, -0.2) is 62.9 Å². The van der Waals surface area contributed by atoms with Gasteiger partial charge in [-0.1, -0.05) is 57.0 Å². The molecule has 0 radical (unpaired) electrons. The molecule has 0 amide bonds. The van der Waals surface area contributed by atoms with Gasteiger partial charge in [-0.3, -0.25) is 0 Å². The van der Waals surface area contributed by atoms with E-state index in [0.29, 0.717) is 24.2 Å². The van der Waals surface area contributed by atoms with Crippen LogP contribution < -0.4 is 0 Å². The van der Waals surface area contributed by atoms with E-state index in [1.807, 2.05) is 44.2 Å². The van der Waals surface area contributed by atoms with Gasteiger partial charge in [0.2, 0.25) is 0 Å². The zero-order valence-corrected chi connectivity index (χ0v) is 26.6. The molecule has 45 heavy (non-hydrogen) atoms. The maximum Gasteiger partial charge on any atom is 0.339 e. The minimum Gasteiger partial charge on any atom is -0.462 e. The second-order valence-electron chi connectivity index (χ2n) is 9.61. The number of carbonyl (C=O) groups excluding carboxylic acids is 5. The summed E-state index contributed by atoms with van der Waals surface area (Å²) in [6, 6.07) is 15.0. The van der Waals surface area contributed by atoms with E-state index in [2.05, 4.69) is 0 Å². The second kappa shape index (κ2) is 19.5. The highest BCUT2D eigenvalue weighted by Crippen LogP contribution is 2.24. The monoisotopic (exact) mass is 622 g/mol. The molecule has 0 unspecified atom stereocenters. The van der Waals surface area contributed by atoms with E-state index in [-0.39, 0.29) is 42.1 Å². The Kier molecular flexibility index (Phi) is 15.8. The summed E-state index contributed by atoms with van der Waals surface area (Å²) in [4.78, 5) is 60.4. The molecule has 0 aliphatic rings. The molecule has 0 spiro atoms. The Morgan fingerprint density at radius 3 is 1.62 bits per heavy atom. The van der Waals surface area contributed by atoms with Crippen molar-refractivity contribution in [3.63, 3.8) is 0 Å². The lowest BCUT2D eigenvalue weighted by Crippen LogP contribution is -2.16. The highest BCUT2D eigenvalue weighted by atomic mass is 16.5. The predicted octanol–water partition coefficient (Wildman–Crippen LogP) is 6.97. The minimum absolute atomic E-state index is 0.0131. The van der Waals surface area contributed by atoms with E-state index >= 15 is 0 Å². The number of rotatable bonds is 14. The van der Waals surface area contributed by atoms with Crippen molar-refractivity contribution in [3.8, 4) is 0 Å². The zero-order valence-electron chi connectivity index (χ0n) is 26.6. The third-order valence-corrected chi connectivity index (χ3v) is 6.34. The molecule has 0 saturated heterocycles. The van der Waals surface area contributed by atoms with Gasteiger partial charge in [0, 0.05) is 0 Å².